The molecule has 0 fully saturated rings. The molecule has 23 heavy (non-hydrogen) atoms. The zero-order chi connectivity index (χ0) is 16.0. The molecule has 8 heteroatoms. The lowest BCUT2D eigenvalue weighted by molar-refractivity contribution is 0.348. The zero-order valence-corrected chi connectivity index (χ0v) is 14.7. The number of ether oxygens (including phenoxy) is 1. The molecular formula is C15H16BrN3O3S. The van der Waals surface area contributed by atoms with Gasteiger partial charge in [-0.15, -0.1) is 0 Å². The number of imidazole rings is 1. The predicted octanol–water partition coefficient (Wildman–Crippen LogP) is 1.87. The minimum atomic E-state index is -3.64. The molecule has 122 valence electrons. The molecule has 2 aliphatic rings. The molecule has 1 aromatic heterocycles. The van der Waals surface area contributed by atoms with E-state index in [-0.39, 0.29) is 10.9 Å². The summed E-state index contributed by atoms with van der Waals surface area (Å²) < 4.78 is 36.8. The third-order valence-corrected chi connectivity index (χ3v) is 6.26. The van der Waals surface area contributed by atoms with Gasteiger partial charge in [-0.05, 0) is 18.6 Å². The fourth-order valence-electron chi connectivity index (χ4n) is 3.17. The van der Waals surface area contributed by atoms with Crippen LogP contribution in [0.5, 0.6) is 5.75 Å². The van der Waals surface area contributed by atoms with Gasteiger partial charge >= 0.3 is 0 Å². The van der Waals surface area contributed by atoms with Gasteiger partial charge in [0.05, 0.1) is 6.61 Å². The van der Waals surface area contributed by atoms with Crippen LogP contribution in [0.3, 0.4) is 0 Å². The van der Waals surface area contributed by atoms with Crippen molar-refractivity contribution < 1.29 is 13.2 Å². The highest BCUT2D eigenvalue weighted by Crippen LogP contribution is 2.36. The maximum Gasteiger partial charge on any atom is 0.244 e. The number of fused-ring (bicyclic) bond motifs is 2. The van der Waals surface area contributed by atoms with Gasteiger partial charge < -0.3 is 9.30 Å². The normalized spacial score (nSPS) is 20.0. The number of nitrogens with one attached hydrogen (secondary N) is 1. The summed E-state index contributed by atoms with van der Waals surface area (Å²) in [4.78, 5) is 4.49. The first-order valence-corrected chi connectivity index (χ1v) is 9.78. The Bertz CT molecular complexity index is 863. The summed E-state index contributed by atoms with van der Waals surface area (Å²) in [5, 5.41) is 0. The largest absolute Gasteiger partial charge is 0.492 e. The van der Waals surface area contributed by atoms with Crippen molar-refractivity contribution in [2.45, 2.75) is 36.7 Å². The summed E-state index contributed by atoms with van der Waals surface area (Å²) >= 11 is 3.39. The average Bonchev–Trinajstić information content (AvgIpc) is 3.13. The van der Waals surface area contributed by atoms with Crippen molar-refractivity contribution in [1.29, 1.82) is 0 Å². The number of aryl methyl sites for hydroxylation is 1. The number of benzene rings is 1. The highest BCUT2D eigenvalue weighted by atomic mass is 79.9. The summed E-state index contributed by atoms with van der Waals surface area (Å²) in [5.41, 5.74) is 0.930. The molecule has 4 rings (SSSR count). The first-order valence-electron chi connectivity index (χ1n) is 7.50. The number of rotatable bonds is 3. The van der Waals surface area contributed by atoms with Crippen LogP contribution in [0, 0.1) is 0 Å². The van der Waals surface area contributed by atoms with Crippen molar-refractivity contribution in [2.24, 2.45) is 0 Å². The standard InChI is InChI=1S/C15H16BrN3O3S/c16-11-7-10-2-6-22-15(10)13(8-11)23(20,21)18-12-1-4-19-5-3-17-14(19)9-12/h3,5,7-8,12,18H,1-2,4,6,9H2. The van der Waals surface area contributed by atoms with Gasteiger partial charge in [0.25, 0.3) is 0 Å². The van der Waals surface area contributed by atoms with Gasteiger partial charge in [-0.3, -0.25) is 0 Å². The number of hydrogen-bond acceptors (Lipinski definition) is 4. The van der Waals surface area contributed by atoms with Crippen molar-refractivity contribution in [3.8, 4) is 5.75 Å². The molecule has 6 nitrogen and oxygen atoms in total. The van der Waals surface area contributed by atoms with Gasteiger partial charge in [-0.25, -0.2) is 18.1 Å². The van der Waals surface area contributed by atoms with Crippen LogP contribution in [-0.4, -0.2) is 30.6 Å². The van der Waals surface area contributed by atoms with Gasteiger partial charge in [-0.2, -0.15) is 0 Å². The van der Waals surface area contributed by atoms with E-state index in [1.807, 2.05) is 12.3 Å². The Morgan fingerprint density at radius 1 is 1.39 bits per heavy atom. The maximum atomic E-state index is 12.8. The Morgan fingerprint density at radius 3 is 3.13 bits per heavy atom. The van der Waals surface area contributed by atoms with Crippen LogP contribution in [0.15, 0.2) is 33.9 Å². The SMILES string of the molecule is O=S(=O)(NC1CCn2ccnc2C1)c1cc(Br)cc2c1OCC2. The first kappa shape index (κ1) is 15.2. The van der Waals surface area contributed by atoms with E-state index in [4.69, 9.17) is 4.74 Å². The van der Waals surface area contributed by atoms with Crippen LogP contribution < -0.4 is 9.46 Å². The average molecular weight is 398 g/mol. The van der Waals surface area contributed by atoms with E-state index in [2.05, 4.69) is 30.2 Å². The number of halogens is 1. The van der Waals surface area contributed by atoms with Crippen LogP contribution in [0.2, 0.25) is 0 Å². The quantitative estimate of drug-likeness (QED) is 0.857. The van der Waals surface area contributed by atoms with Crippen LogP contribution in [-0.2, 0) is 29.4 Å². The summed E-state index contributed by atoms with van der Waals surface area (Å²) in [6, 6.07) is 3.38. The fourth-order valence-corrected chi connectivity index (χ4v) is 5.31. The van der Waals surface area contributed by atoms with Crippen molar-refractivity contribution >= 4 is 26.0 Å². The highest BCUT2D eigenvalue weighted by Gasteiger charge is 2.30. The molecular weight excluding hydrogens is 382 g/mol. The van der Waals surface area contributed by atoms with Gasteiger partial charge in [0.1, 0.15) is 16.5 Å². The van der Waals surface area contributed by atoms with Crippen LogP contribution in [0.25, 0.3) is 0 Å². The van der Waals surface area contributed by atoms with Gasteiger partial charge in [-0.1, -0.05) is 15.9 Å². The van der Waals surface area contributed by atoms with Gasteiger partial charge in [0, 0.05) is 47.9 Å². The molecule has 1 atom stereocenters. The topological polar surface area (TPSA) is 73.2 Å². The fraction of sp³-hybridized carbons (Fsp3) is 0.400. The Morgan fingerprint density at radius 2 is 2.26 bits per heavy atom. The van der Waals surface area contributed by atoms with E-state index in [1.54, 1.807) is 12.3 Å². The smallest absolute Gasteiger partial charge is 0.244 e. The summed E-state index contributed by atoms with van der Waals surface area (Å²) in [5.74, 6) is 1.40. The van der Waals surface area contributed by atoms with Crippen molar-refractivity contribution in [3.63, 3.8) is 0 Å². The summed E-state index contributed by atoms with van der Waals surface area (Å²) in [6.07, 6.45) is 5.76. The second-order valence-electron chi connectivity index (χ2n) is 5.84. The Labute approximate surface area is 143 Å². The van der Waals surface area contributed by atoms with Crippen LogP contribution in [0.4, 0.5) is 0 Å². The van der Waals surface area contributed by atoms with E-state index < -0.39 is 10.0 Å². The third-order valence-electron chi connectivity index (χ3n) is 4.27. The number of sulfonamides is 1. The van der Waals surface area contributed by atoms with E-state index in [1.165, 1.54) is 0 Å². The maximum absolute atomic E-state index is 12.8. The molecule has 0 saturated carbocycles. The zero-order valence-electron chi connectivity index (χ0n) is 12.3. The molecule has 0 saturated heterocycles. The molecule has 0 aliphatic carbocycles. The second kappa shape index (κ2) is 5.61. The third kappa shape index (κ3) is 2.79. The monoisotopic (exact) mass is 397 g/mol. The molecule has 1 N–H and O–H groups in total. The van der Waals surface area contributed by atoms with Crippen molar-refractivity contribution in [1.82, 2.24) is 14.3 Å². The minimum absolute atomic E-state index is 0.147. The lowest BCUT2D eigenvalue weighted by Gasteiger charge is -2.24. The highest BCUT2D eigenvalue weighted by molar-refractivity contribution is 9.10. The molecule has 0 bridgehead atoms. The molecule has 1 aromatic carbocycles. The van der Waals surface area contributed by atoms with Crippen LogP contribution >= 0.6 is 15.9 Å². The van der Waals surface area contributed by atoms with E-state index in [0.29, 0.717) is 18.8 Å². The van der Waals surface area contributed by atoms with Gasteiger partial charge in [0.2, 0.25) is 10.0 Å². The molecule has 3 heterocycles. The Kier molecular flexibility index (Phi) is 3.70. The van der Waals surface area contributed by atoms with Crippen molar-refractivity contribution in [3.05, 3.63) is 40.4 Å². The molecule has 2 aliphatic heterocycles. The van der Waals surface area contributed by atoms with E-state index >= 15 is 0 Å². The number of nitrogens with zero attached hydrogens (tertiary/aromatic N) is 2. The lowest BCUT2D eigenvalue weighted by atomic mass is 10.1. The number of hydrogen-bond donors (Lipinski definition) is 1. The Hall–Kier alpha value is -1.38. The van der Waals surface area contributed by atoms with E-state index in [9.17, 15) is 8.42 Å². The summed E-state index contributed by atoms with van der Waals surface area (Å²) in [6.45, 7) is 1.30. The summed E-state index contributed by atoms with van der Waals surface area (Å²) in [7, 11) is -3.64. The number of aromatic nitrogens is 2. The predicted molar refractivity (Wildman–Crippen MR) is 88.0 cm³/mol. The second-order valence-corrected chi connectivity index (χ2v) is 8.44. The molecule has 0 radical (unpaired) electrons. The molecule has 0 spiro atoms. The van der Waals surface area contributed by atoms with E-state index in [0.717, 1.165) is 35.2 Å². The molecule has 1 unspecified atom stereocenters. The minimum Gasteiger partial charge on any atom is -0.492 e. The first-order chi connectivity index (χ1) is 11.0. The Balaban J connectivity index is 1.62. The molecule has 0 amide bonds. The van der Waals surface area contributed by atoms with Crippen LogP contribution in [0.1, 0.15) is 17.8 Å². The lowest BCUT2D eigenvalue weighted by Crippen LogP contribution is -2.40. The van der Waals surface area contributed by atoms with Crippen molar-refractivity contribution in [2.75, 3.05) is 6.61 Å². The van der Waals surface area contributed by atoms with Gasteiger partial charge in [0.15, 0.2) is 0 Å². The molecule has 2 aromatic rings.